The van der Waals surface area contributed by atoms with Crippen molar-refractivity contribution in [2.75, 3.05) is 39.3 Å². The Morgan fingerprint density at radius 3 is 2.71 bits per heavy atom. The van der Waals surface area contributed by atoms with Gasteiger partial charge < -0.3 is 5.32 Å². The molecule has 0 saturated carbocycles. The molecule has 2 aliphatic rings. The minimum Gasteiger partial charge on any atom is -0.317 e. The molecule has 2 heterocycles. The summed E-state index contributed by atoms with van der Waals surface area (Å²) in [5.41, 5.74) is 0. The summed E-state index contributed by atoms with van der Waals surface area (Å²) in [6, 6.07) is 1.67. The predicted octanol–water partition coefficient (Wildman–Crippen LogP) is 1.54. The number of hydrogen-bond acceptors (Lipinski definition) is 3. The van der Waals surface area contributed by atoms with Gasteiger partial charge in [0.2, 0.25) is 0 Å². The molecule has 3 nitrogen and oxygen atoms in total. The molecule has 0 amide bonds. The zero-order valence-corrected chi connectivity index (χ0v) is 11.6. The molecule has 2 unspecified atom stereocenters. The van der Waals surface area contributed by atoms with Crippen LogP contribution in [0.3, 0.4) is 0 Å². The molecule has 2 atom stereocenters. The molecule has 3 heteroatoms. The van der Waals surface area contributed by atoms with Gasteiger partial charge in [0.1, 0.15) is 0 Å². The third-order valence-corrected chi connectivity index (χ3v) is 4.59. The molecule has 2 aliphatic heterocycles. The van der Waals surface area contributed by atoms with Crippen LogP contribution in [0.25, 0.3) is 0 Å². The molecule has 17 heavy (non-hydrogen) atoms. The quantitative estimate of drug-likeness (QED) is 0.803. The minimum atomic E-state index is 0.821. The van der Waals surface area contributed by atoms with E-state index in [0.29, 0.717) is 0 Å². The number of nitrogens with one attached hydrogen (secondary N) is 1. The average Bonchev–Trinajstić information content (AvgIpc) is 2.67. The minimum absolute atomic E-state index is 0.821. The normalized spacial score (nSPS) is 31.9. The van der Waals surface area contributed by atoms with Crippen molar-refractivity contribution in [1.29, 1.82) is 0 Å². The highest BCUT2D eigenvalue weighted by Gasteiger charge is 2.30. The lowest BCUT2D eigenvalue weighted by molar-refractivity contribution is 0.179. The van der Waals surface area contributed by atoms with Crippen LogP contribution in [0.1, 0.15) is 39.5 Å². The van der Waals surface area contributed by atoms with E-state index in [1.54, 1.807) is 0 Å². The molecule has 2 fully saturated rings. The van der Waals surface area contributed by atoms with Gasteiger partial charge in [-0.25, -0.2) is 0 Å². The zero-order valence-electron chi connectivity index (χ0n) is 11.6. The van der Waals surface area contributed by atoms with E-state index in [-0.39, 0.29) is 0 Å². The van der Waals surface area contributed by atoms with Crippen LogP contribution in [0.5, 0.6) is 0 Å². The molecule has 100 valence electrons. The van der Waals surface area contributed by atoms with E-state index in [1.807, 2.05) is 0 Å². The van der Waals surface area contributed by atoms with Crippen LogP contribution in [0.2, 0.25) is 0 Å². The van der Waals surface area contributed by atoms with Gasteiger partial charge in [0.15, 0.2) is 0 Å². The molecule has 0 aliphatic carbocycles. The topological polar surface area (TPSA) is 18.5 Å². The van der Waals surface area contributed by atoms with Gasteiger partial charge in [0.05, 0.1) is 0 Å². The Kier molecular flexibility index (Phi) is 5.26. The number of likely N-dealkylation sites (tertiary alicyclic amines) is 1. The van der Waals surface area contributed by atoms with Gasteiger partial charge in [-0.3, -0.25) is 9.80 Å². The molecular weight excluding hydrogens is 210 g/mol. The average molecular weight is 239 g/mol. The Morgan fingerprint density at radius 1 is 1.12 bits per heavy atom. The van der Waals surface area contributed by atoms with Gasteiger partial charge >= 0.3 is 0 Å². The van der Waals surface area contributed by atoms with Crippen molar-refractivity contribution in [3.8, 4) is 0 Å². The second kappa shape index (κ2) is 6.72. The van der Waals surface area contributed by atoms with E-state index < -0.39 is 0 Å². The standard InChI is InChI=1S/C14H29N3/c1-3-16(4-2)14-8-11-17(12-14)13-6-5-9-15-10-7-13/h13-15H,3-12H2,1-2H3. The summed E-state index contributed by atoms with van der Waals surface area (Å²) in [6.07, 6.45) is 5.49. The summed E-state index contributed by atoms with van der Waals surface area (Å²) in [4.78, 5) is 5.39. The van der Waals surface area contributed by atoms with Crippen molar-refractivity contribution < 1.29 is 0 Å². The smallest absolute Gasteiger partial charge is 0.0235 e. The maximum atomic E-state index is 3.52. The SMILES string of the molecule is CCN(CC)C1CCN(C2CCCNCC2)C1. The molecule has 0 aromatic heterocycles. The van der Waals surface area contributed by atoms with E-state index in [1.165, 1.54) is 65.0 Å². The fourth-order valence-corrected chi connectivity index (χ4v) is 3.50. The monoisotopic (exact) mass is 239 g/mol. The highest BCUT2D eigenvalue weighted by molar-refractivity contribution is 4.87. The van der Waals surface area contributed by atoms with Crippen molar-refractivity contribution in [1.82, 2.24) is 15.1 Å². The van der Waals surface area contributed by atoms with Crippen LogP contribution in [0.15, 0.2) is 0 Å². The first-order valence-corrected chi connectivity index (χ1v) is 7.54. The summed E-state index contributed by atoms with van der Waals surface area (Å²) >= 11 is 0. The lowest BCUT2D eigenvalue weighted by Crippen LogP contribution is -2.40. The van der Waals surface area contributed by atoms with E-state index in [9.17, 15) is 0 Å². The van der Waals surface area contributed by atoms with Crippen molar-refractivity contribution in [3.05, 3.63) is 0 Å². The van der Waals surface area contributed by atoms with Crippen molar-refractivity contribution in [2.45, 2.75) is 51.6 Å². The first-order valence-electron chi connectivity index (χ1n) is 7.54. The molecule has 1 N–H and O–H groups in total. The third kappa shape index (κ3) is 3.43. The van der Waals surface area contributed by atoms with Gasteiger partial charge in [-0.15, -0.1) is 0 Å². The molecule has 0 bridgehead atoms. The third-order valence-electron chi connectivity index (χ3n) is 4.59. The Balaban J connectivity index is 1.83. The van der Waals surface area contributed by atoms with Crippen LogP contribution in [0, 0.1) is 0 Å². The maximum absolute atomic E-state index is 3.52. The summed E-state index contributed by atoms with van der Waals surface area (Å²) in [5, 5.41) is 3.52. The fourth-order valence-electron chi connectivity index (χ4n) is 3.50. The molecule has 2 saturated heterocycles. The van der Waals surface area contributed by atoms with Gasteiger partial charge in [-0.2, -0.15) is 0 Å². The second-order valence-electron chi connectivity index (χ2n) is 5.49. The van der Waals surface area contributed by atoms with Gasteiger partial charge in [-0.05, 0) is 51.9 Å². The first-order chi connectivity index (χ1) is 8.35. The van der Waals surface area contributed by atoms with Crippen LogP contribution < -0.4 is 5.32 Å². The maximum Gasteiger partial charge on any atom is 0.0235 e. The predicted molar refractivity (Wildman–Crippen MR) is 73.4 cm³/mol. The Bertz CT molecular complexity index is 208. The second-order valence-corrected chi connectivity index (χ2v) is 5.49. The molecule has 0 spiro atoms. The summed E-state index contributed by atoms with van der Waals surface area (Å²) in [7, 11) is 0. The Labute approximate surface area is 107 Å². The lowest BCUT2D eigenvalue weighted by atomic mass is 10.1. The van der Waals surface area contributed by atoms with Crippen molar-refractivity contribution in [3.63, 3.8) is 0 Å². The molecule has 0 aromatic carbocycles. The van der Waals surface area contributed by atoms with E-state index in [2.05, 4.69) is 29.0 Å². The molecule has 2 rings (SSSR count). The Hall–Kier alpha value is -0.120. The fraction of sp³-hybridized carbons (Fsp3) is 1.00. The largest absolute Gasteiger partial charge is 0.317 e. The number of likely N-dealkylation sites (N-methyl/N-ethyl adjacent to an activating group) is 1. The van der Waals surface area contributed by atoms with Crippen LogP contribution >= 0.6 is 0 Å². The highest BCUT2D eigenvalue weighted by Crippen LogP contribution is 2.22. The summed E-state index contributed by atoms with van der Waals surface area (Å²) < 4.78 is 0. The highest BCUT2D eigenvalue weighted by atomic mass is 15.3. The Morgan fingerprint density at radius 2 is 1.94 bits per heavy atom. The van der Waals surface area contributed by atoms with E-state index in [4.69, 9.17) is 0 Å². The number of nitrogens with zero attached hydrogens (tertiary/aromatic N) is 2. The van der Waals surface area contributed by atoms with Gasteiger partial charge in [0.25, 0.3) is 0 Å². The van der Waals surface area contributed by atoms with Crippen molar-refractivity contribution >= 4 is 0 Å². The van der Waals surface area contributed by atoms with Crippen molar-refractivity contribution in [2.24, 2.45) is 0 Å². The van der Waals surface area contributed by atoms with Gasteiger partial charge in [0, 0.05) is 25.2 Å². The summed E-state index contributed by atoms with van der Waals surface area (Å²) in [6.45, 7) is 12.1. The van der Waals surface area contributed by atoms with Crippen LogP contribution in [-0.2, 0) is 0 Å². The summed E-state index contributed by atoms with van der Waals surface area (Å²) in [5.74, 6) is 0. The molecular formula is C14H29N3. The zero-order chi connectivity index (χ0) is 12.1. The molecule has 0 radical (unpaired) electrons. The molecule has 0 aromatic rings. The number of hydrogen-bond donors (Lipinski definition) is 1. The lowest BCUT2D eigenvalue weighted by Gasteiger charge is -2.29. The first kappa shape index (κ1) is 13.3. The van der Waals surface area contributed by atoms with Crippen LogP contribution in [0.4, 0.5) is 0 Å². The number of rotatable bonds is 4. The van der Waals surface area contributed by atoms with E-state index in [0.717, 1.165) is 12.1 Å². The van der Waals surface area contributed by atoms with E-state index >= 15 is 0 Å². The van der Waals surface area contributed by atoms with Gasteiger partial charge in [-0.1, -0.05) is 13.8 Å². The van der Waals surface area contributed by atoms with Crippen LogP contribution in [-0.4, -0.2) is 61.2 Å².